The third-order valence-electron chi connectivity index (χ3n) is 1.12. The Kier molecular flexibility index (Phi) is 4.26. The van der Waals surface area contributed by atoms with E-state index in [-0.39, 0.29) is 18.1 Å². The molecular weight excluding hydrogens is 200 g/mol. The molecule has 1 aromatic heterocycles. The zero-order valence-electron chi connectivity index (χ0n) is 6.15. The van der Waals surface area contributed by atoms with Crippen molar-refractivity contribution in [2.75, 3.05) is 7.11 Å². The molecule has 0 saturated heterocycles. The Morgan fingerprint density at radius 3 is 2.92 bits per heavy atom. The maximum absolute atomic E-state index is 10.9. The lowest BCUT2D eigenvalue weighted by Gasteiger charge is -1.88. The molecule has 0 aliphatic rings. The van der Waals surface area contributed by atoms with Gasteiger partial charge in [0.1, 0.15) is 0 Å². The summed E-state index contributed by atoms with van der Waals surface area (Å²) < 4.78 is 4.44. The van der Waals surface area contributed by atoms with Gasteiger partial charge in [0, 0.05) is 6.07 Å². The smallest absolute Gasteiger partial charge is 0.410 e. The summed E-state index contributed by atoms with van der Waals surface area (Å²) in [6, 6.07) is 1.54. The van der Waals surface area contributed by atoms with E-state index in [1.807, 2.05) is 0 Å². The molecule has 12 heavy (non-hydrogen) atoms. The zero-order valence-corrected chi connectivity index (χ0v) is 7.72. The van der Waals surface area contributed by atoms with Gasteiger partial charge in [-0.3, -0.25) is 0 Å². The highest BCUT2D eigenvalue weighted by Crippen LogP contribution is 2.25. The van der Waals surface area contributed by atoms with Crippen LogP contribution in [0.2, 0.25) is 0 Å². The van der Waals surface area contributed by atoms with Crippen molar-refractivity contribution in [1.29, 1.82) is 5.39 Å². The van der Waals surface area contributed by atoms with E-state index in [1.165, 1.54) is 24.5 Å². The maximum atomic E-state index is 10.9. The molecule has 6 heteroatoms. The summed E-state index contributed by atoms with van der Waals surface area (Å²) in [5, 5.41) is 10.0. The third kappa shape index (κ3) is 1.94. The summed E-state index contributed by atoms with van der Waals surface area (Å²) in [5.74, 6) is -0.479. The van der Waals surface area contributed by atoms with Gasteiger partial charge in [0.15, 0.2) is 4.98 Å². The van der Waals surface area contributed by atoms with Gasteiger partial charge in [0.05, 0.1) is 7.11 Å². The molecular formula is C6H5ClN2O2S. The van der Waals surface area contributed by atoms with Crippen LogP contribution in [-0.4, -0.2) is 13.1 Å². The Hall–Kier alpha value is -1.12. The van der Waals surface area contributed by atoms with E-state index in [1.54, 1.807) is 5.38 Å². The van der Waals surface area contributed by atoms with Crippen molar-refractivity contribution in [2.24, 2.45) is 0 Å². The predicted octanol–water partition coefficient (Wildman–Crippen LogP) is -0.977. The van der Waals surface area contributed by atoms with Crippen molar-refractivity contribution >= 4 is 23.0 Å². The first-order valence-corrected chi connectivity index (χ1v) is 3.68. The summed E-state index contributed by atoms with van der Waals surface area (Å²) in [4.78, 5) is 14.1. The molecule has 0 bridgehead atoms. The first-order valence-electron chi connectivity index (χ1n) is 2.80. The van der Waals surface area contributed by atoms with Gasteiger partial charge >= 0.3 is 11.7 Å². The number of carbonyl (C=O) groups is 1. The number of hydrogen-bond acceptors (Lipinski definition) is 4. The molecule has 1 aromatic rings. The minimum atomic E-state index is -0.479. The van der Waals surface area contributed by atoms with Crippen molar-refractivity contribution < 1.29 is 21.9 Å². The molecule has 0 aliphatic carbocycles. The Morgan fingerprint density at radius 1 is 1.75 bits per heavy atom. The molecule has 1 heterocycles. The molecule has 0 fully saturated rings. The molecule has 0 saturated carbocycles. The molecule has 0 spiro atoms. The number of rotatable bonds is 1. The average molecular weight is 205 g/mol. The van der Waals surface area contributed by atoms with Gasteiger partial charge in [-0.25, -0.2) is 4.79 Å². The normalized spacial score (nSPS) is 8.00. The van der Waals surface area contributed by atoms with Crippen LogP contribution in [0.15, 0.2) is 11.4 Å². The van der Waals surface area contributed by atoms with Crippen molar-refractivity contribution in [3.8, 4) is 0 Å². The van der Waals surface area contributed by atoms with E-state index < -0.39 is 5.97 Å². The number of thiophene rings is 1. The number of ether oxygens (including phenoxy) is 1. The van der Waals surface area contributed by atoms with Crippen LogP contribution in [0.4, 0.5) is 5.69 Å². The van der Waals surface area contributed by atoms with Gasteiger partial charge in [-0.15, -0.1) is 11.3 Å². The lowest BCUT2D eigenvalue weighted by atomic mass is 10.4. The molecule has 0 aromatic carbocycles. The fraction of sp³-hybridized carbons (Fsp3) is 0.167. The molecule has 0 unspecified atom stereocenters. The molecule has 0 aliphatic heterocycles. The van der Waals surface area contributed by atoms with Crippen molar-refractivity contribution in [3.05, 3.63) is 21.3 Å². The molecule has 0 amide bonds. The summed E-state index contributed by atoms with van der Waals surface area (Å²) in [6.45, 7) is 0. The monoisotopic (exact) mass is 204 g/mol. The minimum Gasteiger partial charge on any atom is -1.00 e. The van der Waals surface area contributed by atoms with Crippen molar-refractivity contribution in [3.63, 3.8) is 0 Å². The lowest BCUT2D eigenvalue weighted by Crippen LogP contribution is -3.00. The highest BCUT2D eigenvalue weighted by molar-refractivity contribution is 7.12. The second-order valence-corrected chi connectivity index (χ2v) is 2.64. The van der Waals surface area contributed by atoms with Crippen LogP contribution in [0.5, 0.6) is 0 Å². The minimum absolute atomic E-state index is 0. The molecule has 0 N–H and O–H groups in total. The van der Waals surface area contributed by atoms with E-state index in [0.717, 1.165) is 0 Å². The highest BCUT2D eigenvalue weighted by atomic mass is 35.5. The van der Waals surface area contributed by atoms with Gasteiger partial charge in [-0.05, 0) is 5.38 Å². The van der Waals surface area contributed by atoms with Crippen molar-refractivity contribution in [2.45, 2.75) is 0 Å². The molecule has 0 atom stereocenters. The summed E-state index contributed by atoms with van der Waals surface area (Å²) in [7, 11) is 1.28. The van der Waals surface area contributed by atoms with Gasteiger partial charge in [0.2, 0.25) is 10.3 Å². The van der Waals surface area contributed by atoms with E-state index in [4.69, 9.17) is 5.39 Å². The van der Waals surface area contributed by atoms with E-state index >= 15 is 0 Å². The third-order valence-corrected chi connectivity index (χ3v) is 2.01. The molecule has 4 nitrogen and oxygen atoms in total. The van der Waals surface area contributed by atoms with E-state index in [2.05, 4.69) is 9.71 Å². The first-order chi connectivity index (χ1) is 5.29. The SMILES string of the molecule is COC(=O)c1sccc1[N+]#N.[Cl-]. The van der Waals surface area contributed by atoms with Crippen LogP contribution < -0.4 is 12.4 Å². The number of methoxy groups -OCH3 is 1. The number of hydrogen-bond donors (Lipinski definition) is 0. The average Bonchev–Trinajstić information content (AvgIpc) is 2.50. The second-order valence-electron chi connectivity index (χ2n) is 1.73. The fourth-order valence-electron chi connectivity index (χ4n) is 0.627. The maximum Gasteiger partial charge on any atom is 0.410 e. The Labute approximate surface area is 79.2 Å². The van der Waals surface area contributed by atoms with Crippen LogP contribution in [0.3, 0.4) is 0 Å². The fourth-order valence-corrected chi connectivity index (χ4v) is 1.37. The Bertz CT molecular complexity index is 318. The topological polar surface area (TPSA) is 54.5 Å². The second kappa shape index (κ2) is 4.70. The first kappa shape index (κ1) is 10.9. The quantitative estimate of drug-likeness (QED) is 0.437. The summed E-state index contributed by atoms with van der Waals surface area (Å²) in [5.41, 5.74) is 0.252. The standard InChI is InChI=1S/C6H5N2O2S.ClH/c1-10-6(9)5-4(8-7)2-3-11-5;/h2-3H,1H3;1H/q+1;/p-1. The van der Waals surface area contributed by atoms with Gasteiger partial charge < -0.3 is 17.1 Å². The van der Waals surface area contributed by atoms with Crippen LogP contribution >= 0.6 is 11.3 Å². The van der Waals surface area contributed by atoms with Crippen LogP contribution in [0.25, 0.3) is 4.98 Å². The molecule has 1 rings (SSSR count). The Balaban J connectivity index is 0.00000121. The van der Waals surface area contributed by atoms with Gasteiger partial charge in [-0.1, -0.05) is 0 Å². The van der Waals surface area contributed by atoms with E-state index in [0.29, 0.717) is 4.88 Å². The highest BCUT2D eigenvalue weighted by Gasteiger charge is 2.22. The molecule has 0 radical (unpaired) electrons. The zero-order chi connectivity index (χ0) is 8.27. The summed E-state index contributed by atoms with van der Waals surface area (Å²) in [6.07, 6.45) is 0. The molecule has 64 valence electrons. The number of esters is 1. The van der Waals surface area contributed by atoms with Gasteiger partial charge in [0.25, 0.3) is 0 Å². The number of nitrogens with zero attached hydrogens (tertiary/aromatic N) is 2. The summed E-state index contributed by atoms with van der Waals surface area (Å²) >= 11 is 1.18. The van der Waals surface area contributed by atoms with Gasteiger partial charge in [-0.2, -0.15) is 0 Å². The van der Waals surface area contributed by atoms with Crippen molar-refractivity contribution in [1.82, 2.24) is 0 Å². The lowest BCUT2D eigenvalue weighted by molar-refractivity contribution is -0.0000172. The number of carbonyl (C=O) groups excluding carboxylic acids is 1. The van der Waals surface area contributed by atoms with Crippen LogP contribution in [0.1, 0.15) is 9.67 Å². The largest absolute Gasteiger partial charge is 1.00 e. The number of halogens is 1. The van der Waals surface area contributed by atoms with Crippen LogP contribution in [0, 0.1) is 5.39 Å². The predicted molar refractivity (Wildman–Crippen MR) is 40.4 cm³/mol. The Morgan fingerprint density at radius 2 is 2.42 bits per heavy atom. The number of diazo groups is 1. The van der Waals surface area contributed by atoms with E-state index in [9.17, 15) is 4.79 Å². The van der Waals surface area contributed by atoms with Crippen LogP contribution in [-0.2, 0) is 4.74 Å².